The number of nitrogens with zero attached hydrogens (tertiary/aromatic N) is 1. The summed E-state index contributed by atoms with van der Waals surface area (Å²) in [5, 5.41) is 15.8. The highest BCUT2D eigenvalue weighted by atomic mass is 32.2. The summed E-state index contributed by atoms with van der Waals surface area (Å²) in [6.07, 6.45) is 4.21. The lowest BCUT2D eigenvalue weighted by Crippen LogP contribution is -2.42. The molecular formula is C21H33N3O4S2. The number of benzene rings is 1. The van der Waals surface area contributed by atoms with Gasteiger partial charge in [0, 0.05) is 49.3 Å². The first-order valence-corrected chi connectivity index (χ1v) is 12.1. The maximum Gasteiger partial charge on any atom is 0.326 e. The molecule has 1 fully saturated rings. The average Bonchev–Trinajstić information content (AvgIpc) is 3.14. The minimum Gasteiger partial charge on any atom is -0.480 e. The molecule has 9 heteroatoms. The Bertz CT molecular complexity index is 692. The second-order valence-corrected chi connectivity index (χ2v) is 9.05. The number of rotatable bonds is 13. The number of carbonyl (C=O) groups excluding carboxylic acids is 1. The van der Waals surface area contributed by atoms with E-state index in [1.807, 2.05) is 24.5 Å². The van der Waals surface area contributed by atoms with E-state index in [1.54, 1.807) is 24.9 Å². The van der Waals surface area contributed by atoms with Gasteiger partial charge in [0.05, 0.1) is 0 Å². The van der Waals surface area contributed by atoms with Gasteiger partial charge in [0.15, 0.2) is 0 Å². The Morgan fingerprint density at radius 3 is 2.90 bits per heavy atom. The van der Waals surface area contributed by atoms with E-state index in [0.717, 1.165) is 38.2 Å². The van der Waals surface area contributed by atoms with Crippen LogP contribution in [-0.2, 0) is 9.53 Å². The van der Waals surface area contributed by atoms with Gasteiger partial charge < -0.3 is 25.4 Å². The first-order chi connectivity index (χ1) is 14.5. The van der Waals surface area contributed by atoms with Crippen LogP contribution in [0.2, 0.25) is 0 Å². The van der Waals surface area contributed by atoms with E-state index in [4.69, 9.17) is 4.74 Å². The van der Waals surface area contributed by atoms with Crippen LogP contribution in [0.25, 0.3) is 0 Å². The van der Waals surface area contributed by atoms with Crippen molar-refractivity contribution in [3.05, 3.63) is 29.8 Å². The molecule has 1 aliphatic rings. The van der Waals surface area contributed by atoms with Crippen molar-refractivity contribution in [2.24, 2.45) is 0 Å². The van der Waals surface area contributed by atoms with Crippen LogP contribution in [0.1, 0.15) is 29.6 Å². The van der Waals surface area contributed by atoms with Crippen molar-refractivity contribution in [1.29, 1.82) is 0 Å². The van der Waals surface area contributed by atoms with Gasteiger partial charge in [-0.15, -0.1) is 0 Å². The third-order valence-electron chi connectivity index (χ3n) is 5.19. The number of ether oxygens (including phenoxy) is 1. The lowest BCUT2D eigenvalue weighted by molar-refractivity contribution is -0.139. The molecule has 0 aliphatic carbocycles. The molecule has 30 heavy (non-hydrogen) atoms. The number of hydrogen-bond acceptors (Lipinski definition) is 7. The van der Waals surface area contributed by atoms with Crippen LogP contribution in [0.5, 0.6) is 0 Å². The molecule has 2 rings (SSSR count). The van der Waals surface area contributed by atoms with Crippen molar-refractivity contribution in [3.63, 3.8) is 0 Å². The molecular weight excluding hydrogens is 422 g/mol. The summed E-state index contributed by atoms with van der Waals surface area (Å²) < 4.78 is 5.20. The van der Waals surface area contributed by atoms with E-state index < -0.39 is 12.0 Å². The highest BCUT2D eigenvalue weighted by Gasteiger charge is 2.26. The number of carboxylic acids is 1. The average molecular weight is 456 g/mol. The predicted octanol–water partition coefficient (Wildman–Crippen LogP) is 2.13. The van der Waals surface area contributed by atoms with Crippen molar-refractivity contribution >= 4 is 42.0 Å². The predicted molar refractivity (Wildman–Crippen MR) is 126 cm³/mol. The van der Waals surface area contributed by atoms with Crippen LogP contribution in [0, 0.1) is 0 Å². The van der Waals surface area contributed by atoms with E-state index in [9.17, 15) is 14.7 Å². The summed E-state index contributed by atoms with van der Waals surface area (Å²) >= 11 is 6.24. The molecule has 1 aromatic carbocycles. The van der Waals surface area contributed by atoms with Gasteiger partial charge in [-0.3, -0.25) is 4.79 Å². The lowest BCUT2D eigenvalue weighted by Gasteiger charge is -2.29. The van der Waals surface area contributed by atoms with Crippen molar-refractivity contribution in [2.75, 3.05) is 50.3 Å². The standard InChI is InChI=1S/C21H33N3O4S2/c1-28-11-4-10-24(14-18-19(29)7-9-22-18)16-6-3-5-15(13-16)20(25)23-17(21(26)27)8-12-30-2/h3,5-6,13,17-19,22,29H,4,7-12,14H2,1-2H3,(H,23,25)(H,26,27)/t17-,18?,19?/m0/s1. The highest BCUT2D eigenvalue weighted by Crippen LogP contribution is 2.21. The molecule has 3 atom stereocenters. The summed E-state index contributed by atoms with van der Waals surface area (Å²) in [6, 6.07) is 6.75. The number of thiol groups is 1. The molecule has 0 bridgehead atoms. The molecule has 0 radical (unpaired) electrons. The van der Waals surface area contributed by atoms with Crippen molar-refractivity contribution in [3.8, 4) is 0 Å². The van der Waals surface area contributed by atoms with Gasteiger partial charge in [-0.1, -0.05) is 6.07 Å². The Morgan fingerprint density at radius 1 is 1.47 bits per heavy atom. The first-order valence-electron chi connectivity index (χ1n) is 10.2. The Hall–Kier alpha value is -1.42. The van der Waals surface area contributed by atoms with Crippen LogP contribution in [-0.4, -0.2) is 79.7 Å². The molecule has 1 amide bonds. The molecule has 0 aromatic heterocycles. The SMILES string of the molecule is COCCCN(CC1NCCC1S)c1cccc(C(=O)N[C@@H](CCSC)C(=O)O)c1. The molecule has 0 spiro atoms. The van der Waals surface area contributed by atoms with Gasteiger partial charge in [-0.2, -0.15) is 24.4 Å². The van der Waals surface area contributed by atoms with E-state index in [0.29, 0.717) is 29.6 Å². The van der Waals surface area contributed by atoms with Crippen LogP contribution < -0.4 is 15.5 Å². The zero-order valence-corrected chi connectivity index (χ0v) is 19.4. The van der Waals surface area contributed by atoms with E-state index in [-0.39, 0.29) is 11.9 Å². The van der Waals surface area contributed by atoms with Gasteiger partial charge in [0.1, 0.15) is 6.04 Å². The fourth-order valence-corrected chi connectivity index (χ4v) is 4.28. The largest absolute Gasteiger partial charge is 0.480 e. The second-order valence-electron chi connectivity index (χ2n) is 7.41. The molecule has 1 aromatic rings. The van der Waals surface area contributed by atoms with Gasteiger partial charge >= 0.3 is 5.97 Å². The number of anilines is 1. The number of nitrogens with one attached hydrogen (secondary N) is 2. The van der Waals surface area contributed by atoms with E-state index in [1.165, 1.54) is 0 Å². The summed E-state index contributed by atoms with van der Waals surface area (Å²) in [5.74, 6) is -0.709. The lowest BCUT2D eigenvalue weighted by atomic mass is 10.1. The number of methoxy groups -OCH3 is 1. The van der Waals surface area contributed by atoms with Crippen molar-refractivity contribution in [1.82, 2.24) is 10.6 Å². The zero-order chi connectivity index (χ0) is 21.9. The number of carboxylic acid groups (broad SMARTS) is 1. The Morgan fingerprint density at radius 2 is 2.27 bits per heavy atom. The smallest absolute Gasteiger partial charge is 0.326 e. The van der Waals surface area contributed by atoms with Crippen LogP contribution in [0.4, 0.5) is 5.69 Å². The Balaban J connectivity index is 2.12. The van der Waals surface area contributed by atoms with E-state index >= 15 is 0 Å². The van der Waals surface area contributed by atoms with Gasteiger partial charge in [-0.25, -0.2) is 4.79 Å². The Labute approximate surface area is 188 Å². The van der Waals surface area contributed by atoms with Gasteiger partial charge in [0.25, 0.3) is 5.91 Å². The maximum absolute atomic E-state index is 12.7. The molecule has 3 N–H and O–H groups in total. The molecule has 2 unspecified atom stereocenters. The molecule has 1 aliphatic heterocycles. The fourth-order valence-electron chi connectivity index (χ4n) is 3.48. The maximum atomic E-state index is 12.7. The van der Waals surface area contributed by atoms with Gasteiger partial charge in [-0.05, 0) is 56.0 Å². The fraction of sp³-hybridized carbons (Fsp3) is 0.619. The topological polar surface area (TPSA) is 90.9 Å². The number of aliphatic carboxylic acids is 1. The van der Waals surface area contributed by atoms with Crippen LogP contribution in [0.3, 0.4) is 0 Å². The van der Waals surface area contributed by atoms with Crippen LogP contribution in [0.15, 0.2) is 24.3 Å². The highest BCUT2D eigenvalue weighted by molar-refractivity contribution is 7.98. The minimum atomic E-state index is -1.01. The molecule has 1 heterocycles. The summed E-state index contributed by atoms with van der Waals surface area (Å²) in [7, 11) is 1.69. The van der Waals surface area contributed by atoms with Crippen molar-refractivity contribution in [2.45, 2.75) is 36.6 Å². The zero-order valence-electron chi connectivity index (χ0n) is 17.7. The monoisotopic (exact) mass is 455 g/mol. The van der Waals surface area contributed by atoms with Gasteiger partial charge in [0.2, 0.25) is 0 Å². The van der Waals surface area contributed by atoms with Crippen molar-refractivity contribution < 1.29 is 19.4 Å². The third kappa shape index (κ3) is 7.68. The number of thioether (sulfide) groups is 1. The quantitative estimate of drug-likeness (QED) is 0.268. The Kier molecular flexibility index (Phi) is 10.8. The summed E-state index contributed by atoms with van der Waals surface area (Å²) in [5.41, 5.74) is 1.39. The second kappa shape index (κ2) is 13.1. The minimum absolute atomic E-state index is 0.274. The van der Waals surface area contributed by atoms with E-state index in [2.05, 4.69) is 28.2 Å². The number of hydrogen-bond donors (Lipinski definition) is 4. The summed E-state index contributed by atoms with van der Waals surface area (Å²) in [6.45, 7) is 3.20. The molecule has 7 nitrogen and oxygen atoms in total. The molecule has 1 saturated heterocycles. The molecule has 0 saturated carbocycles. The van der Waals surface area contributed by atoms with Crippen LogP contribution >= 0.6 is 24.4 Å². The third-order valence-corrected chi connectivity index (χ3v) is 6.45. The number of carbonyl (C=O) groups is 2. The first kappa shape index (κ1) is 24.8. The number of amides is 1. The summed E-state index contributed by atoms with van der Waals surface area (Å²) in [4.78, 5) is 26.4. The molecule has 168 valence electrons. The normalized spacial score (nSPS) is 19.4.